The molecular formula is C15H16FN3OS. The summed E-state index contributed by atoms with van der Waals surface area (Å²) >= 11 is 1.51. The first-order valence-electron chi connectivity index (χ1n) is 6.33. The number of anilines is 1. The van der Waals surface area contributed by atoms with Gasteiger partial charge in [-0.15, -0.1) is 11.8 Å². The predicted octanol–water partition coefficient (Wildman–Crippen LogP) is 2.23. The van der Waals surface area contributed by atoms with Crippen molar-refractivity contribution in [2.45, 2.75) is 17.1 Å². The summed E-state index contributed by atoms with van der Waals surface area (Å²) in [4.78, 5) is 11.9. The van der Waals surface area contributed by atoms with Crippen molar-refractivity contribution in [3.8, 4) is 0 Å². The topological polar surface area (TPSA) is 81.1 Å². The van der Waals surface area contributed by atoms with Gasteiger partial charge in [0.15, 0.2) is 0 Å². The van der Waals surface area contributed by atoms with Gasteiger partial charge in [0.05, 0.1) is 6.42 Å². The number of halogens is 1. The van der Waals surface area contributed by atoms with Gasteiger partial charge < -0.3 is 5.73 Å². The summed E-state index contributed by atoms with van der Waals surface area (Å²) in [6.07, 6.45) is 0.254. The zero-order chi connectivity index (χ0) is 15.2. The molecular weight excluding hydrogens is 289 g/mol. The maximum atomic E-state index is 13.2. The Morgan fingerprint density at radius 2 is 1.81 bits per heavy atom. The molecule has 0 aliphatic carbocycles. The monoisotopic (exact) mass is 305 g/mol. The molecule has 0 unspecified atom stereocenters. The number of benzene rings is 2. The number of hydrogen-bond donors (Lipinski definition) is 3. The molecule has 4 nitrogen and oxygen atoms in total. The van der Waals surface area contributed by atoms with Crippen LogP contribution in [0.2, 0.25) is 0 Å². The fraction of sp³-hybridized carbons (Fsp3) is 0.133. The van der Waals surface area contributed by atoms with Crippen molar-refractivity contribution in [2.75, 3.05) is 5.73 Å². The number of nitrogens with one attached hydrogen (secondary N) is 1. The average molecular weight is 305 g/mol. The van der Waals surface area contributed by atoms with Crippen molar-refractivity contribution in [3.63, 3.8) is 0 Å². The zero-order valence-electron chi connectivity index (χ0n) is 11.3. The second-order valence-corrected chi connectivity index (χ2v) is 5.62. The fourth-order valence-electron chi connectivity index (χ4n) is 1.82. The maximum absolute atomic E-state index is 13.2. The second kappa shape index (κ2) is 7.10. The molecule has 0 radical (unpaired) electrons. The van der Waals surface area contributed by atoms with Crippen molar-refractivity contribution in [1.29, 1.82) is 0 Å². The SMILES string of the molecule is NNC(=O)Cc1ccc(CSc2cc(N)cc(F)c2)cc1. The summed E-state index contributed by atoms with van der Waals surface area (Å²) in [6, 6.07) is 12.1. The van der Waals surface area contributed by atoms with E-state index in [1.165, 1.54) is 23.9 Å². The van der Waals surface area contributed by atoms with Crippen LogP contribution in [0, 0.1) is 5.82 Å². The molecule has 0 bridgehead atoms. The lowest BCUT2D eigenvalue weighted by Gasteiger charge is -2.05. The van der Waals surface area contributed by atoms with Crippen molar-refractivity contribution in [3.05, 3.63) is 59.4 Å². The first-order chi connectivity index (χ1) is 10.1. The van der Waals surface area contributed by atoms with E-state index in [0.717, 1.165) is 16.0 Å². The highest BCUT2D eigenvalue weighted by Gasteiger charge is 2.03. The molecule has 0 aromatic heterocycles. The Balaban J connectivity index is 1.95. The van der Waals surface area contributed by atoms with Crippen LogP contribution in [0.15, 0.2) is 47.4 Å². The van der Waals surface area contributed by atoms with Gasteiger partial charge in [-0.2, -0.15) is 0 Å². The van der Waals surface area contributed by atoms with Crippen LogP contribution < -0.4 is 17.0 Å². The average Bonchev–Trinajstić information content (AvgIpc) is 2.45. The van der Waals surface area contributed by atoms with Gasteiger partial charge in [0, 0.05) is 16.3 Å². The molecule has 0 atom stereocenters. The molecule has 1 amide bonds. The van der Waals surface area contributed by atoms with E-state index in [4.69, 9.17) is 11.6 Å². The number of hydrogen-bond acceptors (Lipinski definition) is 4. The van der Waals surface area contributed by atoms with Gasteiger partial charge in [0.2, 0.25) is 5.91 Å². The maximum Gasteiger partial charge on any atom is 0.238 e. The molecule has 0 heterocycles. The number of carbonyl (C=O) groups is 1. The van der Waals surface area contributed by atoms with Gasteiger partial charge in [-0.05, 0) is 29.3 Å². The van der Waals surface area contributed by atoms with Gasteiger partial charge >= 0.3 is 0 Å². The van der Waals surface area contributed by atoms with E-state index in [0.29, 0.717) is 11.4 Å². The highest BCUT2D eigenvalue weighted by molar-refractivity contribution is 7.98. The summed E-state index contributed by atoms with van der Waals surface area (Å²) < 4.78 is 13.2. The standard InChI is InChI=1S/C15H16FN3OS/c16-12-6-13(17)8-14(7-12)21-9-11-3-1-10(2-4-11)5-15(20)19-18/h1-4,6-8H,5,9,17-18H2,(H,19,20). The minimum Gasteiger partial charge on any atom is -0.399 e. The fourth-order valence-corrected chi connectivity index (χ4v) is 2.77. The van der Waals surface area contributed by atoms with E-state index in [2.05, 4.69) is 5.43 Å². The van der Waals surface area contributed by atoms with Crippen LogP contribution >= 0.6 is 11.8 Å². The summed E-state index contributed by atoms with van der Waals surface area (Å²) in [7, 11) is 0. The molecule has 0 saturated carbocycles. The minimum atomic E-state index is -0.333. The molecule has 2 aromatic rings. The highest BCUT2D eigenvalue weighted by Crippen LogP contribution is 2.25. The molecule has 2 aromatic carbocycles. The number of nitrogen functional groups attached to an aromatic ring is 1. The van der Waals surface area contributed by atoms with Crippen LogP contribution in [0.25, 0.3) is 0 Å². The number of hydrazine groups is 1. The van der Waals surface area contributed by atoms with E-state index in [1.54, 1.807) is 6.07 Å². The molecule has 0 aliphatic rings. The van der Waals surface area contributed by atoms with E-state index in [9.17, 15) is 9.18 Å². The largest absolute Gasteiger partial charge is 0.399 e. The van der Waals surface area contributed by atoms with Gasteiger partial charge in [0.1, 0.15) is 5.82 Å². The second-order valence-electron chi connectivity index (χ2n) is 4.57. The van der Waals surface area contributed by atoms with Crippen molar-refractivity contribution < 1.29 is 9.18 Å². The van der Waals surface area contributed by atoms with E-state index < -0.39 is 0 Å². The first-order valence-corrected chi connectivity index (χ1v) is 7.31. The van der Waals surface area contributed by atoms with Crippen molar-refractivity contribution >= 4 is 23.4 Å². The van der Waals surface area contributed by atoms with Crippen LogP contribution in [-0.2, 0) is 17.0 Å². The summed E-state index contributed by atoms with van der Waals surface area (Å²) in [5.41, 5.74) is 10.1. The molecule has 0 spiro atoms. The first kappa shape index (κ1) is 15.3. The Morgan fingerprint density at radius 1 is 1.14 bits per heavy atom. The number of amides is 1. The number of carbonyl (C=O) groups excluding carboxylic acids is 1. The molecule has 0 fully saturated rings. The Morgan fingerprint density at radius 3 is 2.43 bits per heavy atom. The lowest BCUT2D eigenvalue weighted by Crippen LogP contribution is -2.31. The van der Waals surface area contributed by atoms with Crippen LogP contribution in [0.4, 0.5) is 10.1 Å². The molecule has 110 valence electrons. The van der Waals surface area contributed by atoms with E-state index in [1.807, 2.05) is 24.3 Å². The van der Waals surface area contributed by atoms with Crippen molar-refractivity contribution in [1.82, 2.24) is 5.43 Å². The molecule has 6 heteroatoms. The van der Waals surface area contributed by atoms with Crippen LogP contribution in [0.1, 0.15) is 11.1 Å². The third-order valence-corrected chi connectivity index (χ3v) is 3.89. The van der Waals surface area contributed by atoms with Gasteiger partial charge in [-0.1, -0.05) is 24.3 Å². The molecule has 0 aliphatic heterocycles. The lowest BCUT2D eigenvalue weighted by atomic mass is 10.1. The molecule has 21 heavy (non-hydrogen) atoms. The minimum absolute atomic E-state index is 0.229. The molecule has 5 N–H and O–H groups in total. The third kappa shape index (κ3) is 4.77. The Bertz CT molecular complexity index is 611. The van der Waals surface area contributed by atoms with Gasteiger partial charge in [-0.25, -0.2) is 10.2 Å². The predicted molar refractivity (Wildman–Crippen MR) is 82.8 cm³/mol. The third-order valence-electron chi connectivity index (χ3n) is 2.85. The lowest BCUT2D eigenvalue weighted by molar-refractivity contribution is -0.120. The van der Waals surface area contributed by atoms with Crippen LogP contribution in [-0.4, -0.2) is 5.91 Å². The summed E-state index contributed by atoms with van der Waals surface area (Å²) in [6.45, 7) is 0. The zero-order valence-corrected chi connectivity index (χ0v) is 12.1. The summed E-state index contributed by atoms with van der Waals surface area (Å²) in [5.74, 6) is 5.18. The molecule has 0 saturated heterocycles. The van der Waals surface area contributed by atoms with Crippen molar-refractivity contribution in [2.24, 2.45) is 5.84 Å². The summed E-state index contributed by atoms with van der Waals surface area (Å²) in [5, 5.41) is 0. The Hall–Kier alpha value is -2.05. The van der Waals surface area contributed by atoms with E-state index in [-0.39, 0.29) is 18.1 Å². The van der Waals surface area contributed by atoms with Gasteiger partial charge in [0.25, 0.3) is 0 Å². The smallest absolute Gasteiger partial charge is 0.238 e. The normalized spacial score (nSPS) is 10.4. The highest BCUT2D eigenvalue weighted by atomic mass is 32.2. The van der Waals surface area contributed by atoms with Crippen LogP contribution in [0.5, 0.6) is 0 Å². The van der Waals surface area contributed by atoms with Gasteiger partial charge in [-0.3, -0.25) is 10.2 Å². The van der Waals surface area contributed by atoms with E-state index >= 15 is 0 Å². The Labute approximate surface area is 126 Å². The number of nitrogens with two attached hydrogens (primary N) is 2. The molecule has 2 rings (SSSR count). The number of rotatable bonds is 5. The number of thioether (sulfide) groups is 1. The Kier molecular flexibility index (Phi) is 5.19. The van der Waals surface area contributed by atoms with Crippen LogP contribution in [0.3, 0.4) is 0 Å². The quantitative estimate of drug-likeness (QED) is 0.260.